The number of rotatable bonds is 5. The van der Waals surface area contributed by atoms with Crippen molar-refractivity contribution in [2.75, 3.05) is 6.61 Å². The third kappa shape index (κ3) is 4.16. The van der Waals surface area contributed by atoms with Crippen LogP contribution in [0.1, 0.15) is 42.9 Å². The van der Waals surface area contributed by atoms with Gasteiger partial charge in [-0.3, -0.25) is 4.79 Å². The Morgan fingerprint density at radius 3 is 2.40 bits per heavy atom. The van der Waals surface area contributed by atoms with Crippen molar-refractivity contribution < 1.29 is 13.9 Å². The van der Waals surface area contributed by atoms with E-state index in [1.807, 2.05) is 0 Å². The minimum atomic E-state index is -0.325. The molecule has 1 heterocycles. The molecule has 0 saturated carbocycles. The highest BCUT2D eigenvalue weighted by molar-refractivity contribution is 5.81. The summed E-state index contributed by atoms with van der Waals surface area (Å²) in [6, 6.07) is 14.7. The van der Waals surface area contributed by atoms with Crippen LogP contribution in [0.15, 0.2) is 48.5 Å². The Balaban J connectivity index is 1.73. The van der Waals surface area contributed by atoms with Gasteiger partial charge in [-0.05, 0) is 44.0 Å². The average Bonchev–Trinajstić information content (AvgIpc) is 2.86. The van der Waals surface area contributed by atoms with Gasteiger partial charge in [-0.25, -0.2) is 4.39 Å². The molecule has 0 amide bonds. The first-order valence-corrected chi connectivity index (χ1v) is 8.82. The molecule has 0 aromatic heterocycles. The molecule has 0 bridgehead atoms. The monoisotopic (exact) mass is 340 g/mol. The van der Waals surface area contributed by atoms with E-state index < -0.39 is 0 Å². The fourth-order valence-corrected chi connectivity index (χ4v) is 3.69. The zero-order valence-corrected chi connectivity index (χ0v) is 15.1. The molecule has 25 heavy (non-hydrogen) atoms. The molecule has 2 nitrogen and oxygen atoms in total. The molecule has 132 valence electrons. The van der Waals surface area contributed by atoms with Crippen molar-refractivity contribution in [2.24, 2.45) is 5.92 Å². The zero-order valence-electron chi connectivity index (χ0n) is 15.1. The first-order valence-electron chi connectivity index (χ1n) is 8.82. The van der Waals surface area contributed by atoms with E-state index in [-0.39, 0.29) is 29.0 Å². The summed E-state index contributed by atoms with van der Waals surface area (Å²) in [7, 11) is 0. The molecule has 2 aromatic rings. The van der Waals surface area contributed by atoms with E-state index in [2.05, 4.69) is 45.0 Å². The fourth-order valence-electron chi connectivity index (χ4n) is 3.69. The topological polar surface area (TPSA) is 26.3 Å². The Hall–Kier alpha value is -2.00. The maximum absolute atomic E-state index is 13.0. The second kappa shape index (κ2) is 7.09. The highest BCUT2D eigenvalue weighted by Gasteiger charge is 2.44. The number of hydrogen-bond acceptors (Lipinski definition) is 2. The third-order valence-electron chi connectivity index (χ3n) is 5.28. The van der Waals surface area contributed by atoms with Crippen LogP contribution in [0.3, 0.4) is 0 Å². The molecule has 2 atom stereocenters. The Bertz CT molecular complexity index is 732. The van der Waals surface area contributed by atoms with Gasteiger partial charge in [-0.15, -0.1) is 0 Å². The Kier molecular flexibility index (Phi) is 5.05. The van der Waals surface area contributed by atoms with Crippen molar-refractivity contribution >= 4 is 5.78 Å². The average molecular weight is 340 g/mol. The van der Waals surface area contributed by atoms with Crippen molar-refractivity contribution in [3.63, 3.8) is 0 Å². The molecule has 1 aliphatic rings. The van der Waals surface area contributed by atoms with Crippen molar-refractivity contribution in [1.29, 1.82) is 0 Å². The van der Waals surface area contributed by atoms with E-state index >= 15 is 0 Å². The van der Waals surface area contributed by atoms with E-state index in [0.29, 0.717) is 19.4 Å². The van der Waals surface area contributed by atoms with Gasteiger partial charge in [0.25, 0.3) is 0 Å². The zero-order chi connectivity index (χ0) is 18.0. The summed E-state index contributed by atoms with van der Waals surface area (Å²) in [6.45, 7) is 6.85. The minimum absolute atomic E-state index is 0.142. The molecule has 1 aliphatic heterocycles. The van der Waals surface area contributed by atoms with Crippen LogP contribution in [0.2, 0.25) is 0 Å². The second-order valence-electron chi connectivity index (χ2n) is 7.58. The van der Waals surface area contributed by atoms with Crippen molar-refractivity contribution in [1.82, 2.24) is 0 Å². The van der Waals surface area contributed by atoms with Crippen molar-refractivity contribution in [3.05, 3.63) is 71.0 Å². The first-order chi connectivity index (χ1) is 11.8. The van der Waals surface area contributed by atoms with Crippen LogP contribution in [0, 0.1) is 18.7 Å². The first kappa shape index (κ1) is 17.8. The normalized spacial score (nSPS) is 22.1. The summed E-state index contributed by atoms with van der Waals surface area (Å²) in [4.78, 5) is 12.6. The van der Waals surface area contributed by atoms with Crippen LogP contribution in [0.25, 0.3) is 0 Å². The third-order valence-corrected chi connectivity index (χ3v) is 5.28. The smallest absolute Gasteiger partial charge is 0.137 e. The molecule has 1 unspecified atom stereocenters. The molecule has 0 aliphatic carbocycles. The molecule has 2 aromatic carbocycles. The van der Waals surface area contributed by atoms with E-state index in [9.17, 15) is 9.18 Å². The van der Waals surface area contributed by atoms with Crippen LogP contribution in [0.4, 0.5) is 4.39 Å². The number of hydrogen-bond donors (Lipinski definition) is 0. The number of halogens is 1. The predicted octanol–water partition coefficient (Wildman–Crippen LogP) is 4.84. The van der Waals surface area contributed by atoms with Gasteiger partial charge in [0.2, 0.25) is 0 Å². The van der Waals surface area contributed by atoms with Gasteiger partial charge in [0.05, 0.1) is 12.2 Å². The van der Waals surface area contributed by atoms with E-state index in [1.54, 1.807) is 12.1 Å². The van der Waals surface area contributed by atoms with Gasteiger partial charge >= 0.3 is 0 Å². The molecular formula is C22H25FO2. The van der Waals surface area contributed by atoms with E-state index in [1.165, 1.54) is 23.3 Å². The largest absolute Gasteiger partial charge is 0.375 e. The van der Waals surface area contributed by atoms with Crippen LogP contribution < -0.4 is 0 Å². The standard InChI is InChI=1S/C22H25FO2/c1-15-4-8-17(9-5-15)20-14-25-22(2,3)21(20)13-19(24)12-16-6-10-18(23)11-7-16/h4-11,20-21H,12-14H2,1-3H3/t20-,21?/m0/s1. The van der Waals surface area contributed by atoms with Crippen LogP contribution >= 0.6 is 0 Å². The minimum Gasteiger partial charge on any atom is -0.375 e. The van der Waals surface area contributed by atoms with Crippen LogP contribution in [-0.4, -0.2) is 18.0 Å². The highest BCUT2D eigenvalue weighted by Crippen LogP contribution is 2.44. The molecule has 0 radical (unpaired) electrons. The molecule has 3 heteroatoms. The van der Waals surface area contributed by atoms with Crippen LogP contribution in [-0.2, 0) is 16.0 Å². The SMILES string of the molecule is Cc1ccc([C@@H]2COC(C)(C)C2CC(=O)Cc2ccc(F)cc2)cc1. The van der Waals surface area contributed by atoms with Crippen molar-refractivity contribution in [2.45, 2.75) is 45.1 Å². The van der Waals surface area contributed by atoms with Gasteiger partial charge in [0, 0.05) is 24.7 Å². The van der Waals surface area contributed by atoms with E-state index in [4.69, 9.17) is 4.74 Å². The number of carbonyl (C=O) groups is 1. The summed E-state index contributed by atoms with van der Waals surface area (Å²) in [5.74, 6) is 0.268. The number of benzene rings is 2. The molecule has 0 N–H and O–H groups in total. The van der Waals surface area contributed by atoms with Gasteiger partial charge < -0.3 is 4.74 Å². The Morgan fingerprint density at radius 2 is 1.76 bits per heavy atom. The molecule has 0 spiro atoms. The van der Waals surface area contributed by atoms with Gasteiger partial charge in [0.1, 0.15) is 11.6 Å². The van der Waals surface area contributed by atoms with Gasteiger partial charge in [0.15, 0.2) is 0 Å². The van der Waals surface area contributed by atoms with Crippen LogP contribution in [0.5, 0.6) is 0 Å². The number of ether oxygens (including phenoxy) is 1. The molecule has 3 rings (SSSR count). The Morgan fingerprint density at radius 1 is 1.12 bits per heavy atom. The lowest BCUT2D eigenvalue weighted by Crippen LogP contribution is -2.31. The lowest BCUT2D eigenvalue weighted by atomic mass is 9.76. The summed E-state index contributed by atoms with van der Waals surface area (Å²) >= 11 is 0. The second-order valence-corrected chi connectivity index (χ2v) is 7.58. The highest BCUT2D eigenvalue weighted by atomic mass is 19.1. The fraction of sp³-hybridized carbons (Fsp3) is 0.409. The maximum Gasteiger partial charge on any atom is 0.137 e. The van der Waals surface area contributed by atoms with E-state index in [0.717, 1.165) is 5.56 Å². The maximum atomic E-state index is 13.0. The molecule has 1 fully saturated rings. The summed E-state index contributed by atoms with van der Waals surface area (Å²) < 4.78 is 19.0. The number of ketones is 1. The lowest BCUT2D eigenvalue weighted by Gasteiger charge is -2.28. The number of carbonyl (C=O) groups excluding carboxylic acids is 1. The lowest BCUT2D eigenvalue weighted by molar-refractivity contribution is -0.120. The number of Topliss-reactive ketones (excluding diaryl/α,β-unsaturated/α-hetero) is 1. The van der Waals surface area contributed by atoms with Gasteiger partial charge in [-0.2, -0.15) is 0 Å². The Labute approximate surface area is 149 Å². The summed E-state index contributed by atoms with van der Waals surface area (Å²) in [5, 5.41) is 0. The predicted molar refractivity (Wildman–Crippen MR) is 97.2 cm³/mol. The van der Waals surface area contributed by atoms with Crippen molar-refractivity contribution in [3.8, 4) is 0 Å². The molecular weight excluding hydrogens is 315 g/mol. The number of aryl methyl sites for hydroxylation is 1. The quantitative estimate of drug-likeness (QED) is 0.778. The summed E-state index contributed by atoms with van der Waals surface area (Å²) in [6.07, 6.45) is 0.816. The van der Waals surface area contributed by atoms with Gasteiger partial charge in [-0.1, -0.05) is 42.0 Å². The summed E-state index contributed by atoms with van der Waals surface area (Å²) in [5.41, 5.74) is 2.99. The molecule has 1 saturated heterocycles.